The molecule has 1 heterocycles. The zero-order chi connectivity index (χ0) is 13.8. The molecule has 1 aliphatic rings. The maximum Gasteiger partial charge on any atom is 0.242 e. The Kier molecular flexibility index (Phi) is 4.47. The quantitative estimate of drug-likeness (QED) is 0.818. The SMILES string of the molecule is CCC1C(=O)NCCN1C(=O)Cc1ccc(S)cc1. The van der Waals surface area contributed by atoms with Gasteiger partial charge in [0, 0.05) is 18.0 Å². The summed E-state index contributed by atoms with van der Waals surface area (Å²) in [6.07, 6.45) is 0.977. The predicted molar refractivity (Wildman–Crippen MR) is 76.2 cm³/mol. The van der Waals surface area contributed by atoms with Crippen LogP contribution in [0.3, 0.4) is 0 Å². The van der Waals surface area contributed by atoms with Crippen molar-refractivity contribution in [2.75, 3.05) is 13.1 Å². The first-order chi connectivity index (χ1) is 9.11. The molecule has 4 nitrogen and oxygen atoms in total. The largest absolute Gasteiger partial charge is 0.353 e. The lowest BCUT2D eigenvalue weighted by Crippen LogP contribution is -2.57. The van der Waals surface area contributed by atoms with Crippen molar-refractivity contribution in [3.63, 3.8) is 0 Å². The molecule has 0 bridgehead atoms. The van der Waals surface area contributed by atoms with E-state index in [9.17, 15) is 9.59 Å². The van der Waals surface area contributed by atoms with Crippen LogP contribution in [0.25, 0.3) is 0 Å². The minimum atomic E-state index is -0.328. The van der Waals surface area contributed by atoms with Crippen LogP contribution in [0.2, 0.25) is 0 Å². The number of thiol groups is 1. The monoisotopic (exact) mass is 278 g/mol. The number of hydrogen-bond acceptors (Lipinski definition) is 3. The summed E-state index contributed by atoms with van der Waals surface area (Å²) in [5.41, 5.74) is 0.948. The van der Waals surface area contributed by atoms with Crippen LogP contribution in [0.15, 0.2) is 29.2 Å². The van der Waals surface area contributed by atoms with Crippen LogP contribution < -0.4 is 5.32 Å². The number of rotatable bonds is 3. The van der Waals surface area contributed by atoms with Crippen molar-refractivity contribution < 1.29 is 9.59 Å². The fraction of sp³-hybridized carbons (Fsp3) is 0.429. The Morgan fingerprint density at radius 1 is 1.42 bits per heavy atom. The van der Waals surface area contributed by atoms with Crippen molar-refractivity contribution in [2.45, 2.75) is 30.7 Å². The summed E-state index contributed by atoms with van der Waals surface area (Å²) in [4.78, 5) is 26.6. The van der Waals surface area contributed by atoms with Crippen LogP contribution in [-0.4, -0.2) is 35.8 Å². The van der Waals surface area contributed by atoms with Crippen molar-refractivity contribution in [1.29, 1.82) is 0 Å². The summed E-state index contributed by atoms with van der Waals surface area (Å²) in [5, 5.41) is 2.80. The molecule has 1 unspecified atom stereocenters. The molecular weight excluding hydrogens is 260 g/mol. The van der Waals surface area contributed by atoms with E-state index in [4.69, 9.17) is 0 Å². The standard InChI is InChI=1S/C14H18N2O2S/c1-2-12-14(18)15-7-8-16(12)13(17)9-10-3-5-11(19)6-4-10/h3-6,12,19H,2,7-9H2,1H3,(H,15,18). The zero-order valence-corrected chi connectivity index (χ0v) is 11.8. The van der Waals surface area contributed by atoms with Gasteiger partial charge in [0.1, 0.15) is 6.04 Å². The van der Waals surface area contributed by atoms with E-state index >= 15 is 0 Å². The van der Waals surface area contributed by atoms with E-state index in [0.717, 1.165) is 10.5 Å². The summed E-state index contributed by atoms with van der Waals surface area (Å²) < 4.78 is 0. The highest BCUT2D eigenvalue weighted by atomic mass is 32.1. The van der Waals surface area contributed by atoms with E-state index in [-0.39, 0.29) is 17.9 Å². The summed E-state index contributed by atoms with van der Waals surface area (Å²) in [5.74, 6) is -0.0404. The molecule has 2 amide bonds. The molecule has 0 radical (unpaired) electrons. The van der Waals surface area contributed by atoms with E-state index < -0.39 is 0 Å². The average molecular weight is 278 g/mol. The van der Waals surface area contributed by atoms with E-state index in [0.29, 0.717) is 25.9 Å². The number of benzene rings is 1. The average Bonchev–Trinajstić information content (AvgIpc) is 2.41. The highest BCUT2D eigenvalue weighted by Gasteiger charge is 2.31. The van der Waals surface area contributed by atoms with Gasteiger partial charge in [-0.25, -0.2) is 0 Å². The topological polar surface area (TPSA) is 49.4 Å². The van der Waals surface area contributed by atoms with Crippen LogP contribution >= 0.6 is 12.6 Å². The number of nitrogens with one attached hydrogen (secondary N) is 1. The first kappa shape index (κ1) is 13.9. The molecule has 102 valence electrons. The van der Waals surface area contributed by atoms with Gasteiger partial charge in [-0.2, -0.15) is 0 Å². The molecule has 1 aliphatic heterocycles. The number of carbonyl (C=O) groups excluding carboxylic acids is 2. The molecule has 1 N–H and O–H groups in total. The molecule has 0 aliphatic carbocycles. The second kappa shape index (κ2) is 6.10. The molecule has 1 aromatic rings. The molecule has 1 aromatic carbocycles. The molecule has 0 saturated carbocycles. The van der Waals surface area contributed by atoms with E-state index in [1.165, 1.54) is 0 Å². The molecule has 1 fully saturated rings. The minimum Gasteiger partial charge on any atom is -0.353 e. The highest BCUT2D eigenvalue weighted by molar-refractivity contribution is 7.80. The fourth-order valence-corrected chi connectivity index (χ4v) is 2.46. The number of piperazine rings is 1. The Morgan fingerprint density at radius 2 is 2.11 bits per heavy atom. The second-order valence-corrected chi connectivity index (χ2v) is 5.16. The van der Waals surface area contributed by atoms with Gasteiger partial charge in [0.05, 0.1) is 6.42 Å². The van der Waals surface area contributed by atoms with Crippen molar-refractivity contribution in [1.82, 2.24) is 10.2 Å². The number of carbonyl (C=O) groups is 2. The van der Waals surface area contributed by atoms with Crippen molar-refractivity contribution in [3.05, 3.63) is 29.8 Å². The van der Waals surface area contributed by atoms with Gasteiger partial charge in [-0.05, 0) is 24.1 Å². The summed E-state index contributed by atoms with van der Waals surface area (Å²) in [6, 6.07) is 7.19. The third-order valence-electron chi connectivity index (χ3n) is 3.33. The van der Waals surface area contributed by atoms with Gasteiger partial charge in [0.2, 0.25) is 11.8 Å². The van der Waals surface area contributed by atoms with Crippen LogP contribution in [0.1, 0.15) is 18.9 Å². The number of amides is 2. The third-order valence-corrected chi connectivity index (χ3v) is 3.63. The summed E-state index contributed by atoms with van der Waals surface area (Å²) in [7, 11) is 0. The first-order valence-electron chi connectivity index (χ1n) is 6.47. The van der Waals surface area contributed by atoms with Crippen LogP contribution in [0, 0.1) is 0 Å². The predicted octanol–water partition coefficient (Wildman–Crippen LogP) is 1.25. The molecule has 0 aromatic heterocycles. The Balaban J connectivity index is 2.06. The Morgan fingerprint density at radius 3 is 2.74 bits per heavy atom. The van der Waals surface area contributed by atoms with Crippen molar-refractivity contribution in [2.24, 2.45) is 0 Å². The van der Waals surface area contributed by atoms with Gasteiger partial charge in [-0.15, -0.1) is 12.6 Å². The van der Waals surface area contributed by atoms with Gasteiger partial charge < -0.3 is 10.2 Å². The third kappa shape index (κ3) is 3.29. The molecule has 1 saturated heterocycles. The lowest BCUT2D eigenvalue weighted by atomic mass is 10.1. The highest BCUT2D eigenvalue weighted by Crippen LogP contribution is 2.13. The smallest absolute Gasteiger partial charge is 0.242 e. The van der Waals surface area contributed by atoms with Crippen LogP contribution in [0.4, 0.5) is 0 Å². The van der Waals surface area contributed by atoms with Gasteiger partial charge in [0.25, 0.3) is 0 Å². The van der Waals surface area contributed by atoms with Gasteiger partial charge >= 0.3 is 0 Å². The van der Waals surface area contributed by atoms with Gasteiger partial charge in [-0.3, -0.25) is 9.59 Å². The normalized spacial score (nSPS) is 19.2. The second-order valence-electron chi connectivity index (χ2n) is 4.65. The number of nitrogens with zero attached hydrogens (tertiary/aromatic N) is 1. The first-order valence-corrected chi connectivity index (χ1v) is 6.91. The Labute approximate surface area is 118 Å². The molecule has 5 heteroatoms. The van der Waals surface area contributed by atoms with Crippen molar-refractivity contribution >= 4 is 24.4 Å². The molecule has 0 spiro atoms. The fourth-order valence-electron chi connectivity index (χ4n) is 2.31. The molecule has 19 heavy (non-hydrogen) atoms. The van der Waals surface area contributed by atoms with Crippen LogP contribution in [-0.2, 0) is 16.0 Å². The molecule has 2 rings (SSSR count). The summed E-state index contributed by atoms with van der Waals surface area (Å²) >= 11 is 4.22. The molecule has 1 atom stereocenters. The van der Waals surface area contributed by atoms with E-state index in [1.54, 1.807) is 4.90 Å². The van der Waals surface area contributed by atoms with Gasteiger partial charge in [0.15, 0.2) is 0 Å². The molecular formula is C14H18N2O2S. The maximum atomic E-state index is 12.3. The zero-order valence-electron chi connectivity index (χ0n) is 10.9. The van der Waals surface area contributed by atoms with E-state index in [1.807, 2.05) is 31.2 Å². The lowest BCUT2D eigenvalue weighted by molar-refractivity contribution is -0.142. The Hall–Kier alpha value is -1.49. The summed E-state index contributed by atoms with van der Waals surface area (Å²) in [6.45, 7) is 3.05. The Bertz CT molecular complexity index is 473. The maximum absolute atomic E-state index is 12.3. The minimum absolute atomic E-state index is 0.00798. The van der Waals surface area contributed by atoms with Crippen molar-refractivity contribution in [3.8, 4) is 0 Å². The van der Waals surface area contributed by atoms with E-state index in [2.05, 4.69) is 17.9 Å². The lowest BCUT2D eigenvalue weighted by Gasteiger charge is -2.34. The number of hydrogen-bond donors (Lipinski definition) is 2. The van der Waals surface area contributed by atoms with Gasteiger partial charge in [-0.1, -0.05) is 19.1 Å². The van der Waals surface area contributed by atoms with Crippen LogP contribution in [0.5, 0.6) is 0 Å².